The molecule has 1 aromatic carbocycles. The first kappa shape index (κ1) is 19.5. The van der Waals surface area contributed by atoms with Crippen molar-refractivity contribution < 1.29 is 23.9 Å². The number of nitrogens with one attached hydrogen (secondary N) is 2. The smallest absolute Gasteiger partial charge is 0.347 e. The van der Waals surface area contributed by atoms with E-state index in [2.05, 4.69) is 31.6 Å². The maximum Gasteiger partial charge on any atom is 0.347 e. The number of rotatable bonds is 5. The van der Waals surface area contributed by atoms with Crippen molar-refractivity contribution in [3.63, 3.8) is 0 Å². The first-order valence-electron chi connectivity index (χ1n) is 7.59. The molecule has 132 valence electrons. The molecule has 1 atom stereocenters. The number of hydrogen-bond donors (Lipinski definition) is 2. The van der Waals surface area contributed by atoms with E-state index in [4.69, 9.17) is 9.47 Å². The third-order valence-electron chi connectivity index (χ3n) is 3.09. The van der Waals surface area contributed by atoms with Crippen LogP contribution in [0.25, 0.3) is 0 Å². The van der Waals surface area contributed by atoms with Gasteiger partial charge < -0.3 is 9.47 Å². The van der Waals surface area contributed by atoms with Crippen molar-refractivity contribution in [1.82, 2.24) is 10.9 Å². The molecular formula is C17H24N2O5. The highest BCUT2D eigenvalue weighted by molar-refractivity contribution is 5.84. The summed E-state index contributed by atoms with van der Waals surface area (Å²) in [6.45, 7) is 8.59. The molecule has 24 heavy (non-hydrogen) atoms. The Bertz CT molecular complexity index is 590. The Morgan fingerprint density at radius 2 is 1.67 bits per heavy atom. The lowest BCUT2D eigenvalue weighted by molar-refractivity contribution is -0.155. The van der Waals surface area contributed by atoms with Crippen LogP contribution in [0.3, 0.4) is 0 Å². The summed E-state index contributed by atoms with van der Waals surface area (Å²) in [4.78, 5) is 33.8. The fourth-order valence-corrected chi connectivity index (χ4v) is 1.73. The molecule has 7 nitrogen and oxygen atoms in total. The summed E-state index contributed by atoms with van der Waals surface area (Å²) >= 11 is 0. The van der Waals surface area contributed by atoms with Crippen molar-refractivity contribution in [3.8, 4) is 5.75 Å². The zero-order valence-electron chi connectivity index (χ0n) is 14.6. The van der Waals surface area contributed by atoms with E-state index in [1.807, 2.05) is 12.1 Å². The van der Waals surface area contributed by atoms with Crippen molar-refractivity contribution in [3.05, 3.63) is 29.8 Å². The zero-order chi connectivity index (χ0) is 18.3. The normalized spacial score (nSPS) is 12.0. The topological polar surface area (TPSA) is 93.7 Å². The summed E-state index contributed by atoms with van der Waals surface area (Å²) in [5.74, 6) is -1.20. The molecule has 0 saturated heterocycles. The second kappa shape index (κ2) is 8.33. The van der Waals surface area contributed by atoms with Gasteiger partial charge in [-0.15, -0.1) is 0 Å². The van der Waals surface area contributed by atoms with Gasteiger partial charge >= 0.3 is 5.97 Å². The van der Waals surface area contributed by atoms with Gasteiger partial charge in [-0.3, -0.25) is 20.4 Å². The highest BCUT2D eigenvalue weighted by atomic mass is 16.6. The van der Waals surface area contributed by atoms with Gasteiger partial charge in [0.2, 0.25) is 5.91 Å². The van der Waals surface area contributed by atoms with Gasteiger partial charge in [-0.25, -0.2) is 4.79 Å². The summed E-state index contributed by atoms with van der Waals surface area (Å²) in [5, 5.41) is 0. The van der Waals surface area contributed by atoms with Gasteiger partial charge in [0, 0.05) is 6.92 Å². The van der Waals surface area contributed by atoms with Crippen LogP contribution in [-0.2, 0) is 24.5 Å². The summed E-state index contributed by atoms with van der Waals surface area (Å²) in [5.41, 5.74) is 5.37. The predicted molar refractivity (Wildman–Crippen MR) is 88.2 cm³/mol. The summed E-state index contributed by atoms with van der Waals surface area (Å²) in [6, 6.07) is 7.45. The van der Waals surface area contributed by atoms with Gasteiger partial charge in [0.05, 0.1) is 0 Å². The monoisotopic (exact) mass is 336 g/mol. The SMILES string of the molecule is CC(=O)NNC(=O)COC(=O)[C@@H](C)Oc1ccc(C(C)(C)C)cc1. The minimum atomic E-state index is -0.862. The van der Waals surface area contributed by atoms with Gasteiger partial charge in [-0.1, -0.05) is 32.9 Å². The van der Waals surface area contributed by atoms with Crippen molar-refractivity contribution in [2.45, 2.75) is 46.1 Å². The fourth-order valence-electron chi connectivity index (χ4n) is 1.73. The van der Waals surface area contributed by atoms with Crippen LogP contribution in [0.2, 0.25) is 0 Å². The molecule has 0 aliphatic carbocycles. The molecule has 0 aliphatic rings. The van der Waals surface area contributed by atoms with Crippen LogP contribution in [0.15, 0.2) is 24.3 Å². The van der Waals surface area contributed by atoms with E-state index in [0.717, 1.165) is 5.56 Å². The molecule has 0 heterocycles. The Kier molecular flexibility index (Phi) is 6.76. The van der Waals surface area contributed by atoms with Crippen molar-refractivity contribution >= 4 is 17.8 Å². The van der Waals surface area contributed by atoms with Crippen LogP contribution < -0.4 is 15.6 Å². The third-order valence-corrected chi connectivity index (χ3v) is 3.09. The molecule has 0 aliphatic heterocycles. The molecule has 0 unspecified atom stereocenters. The van der Waals surface area contributed by atoms with Crippen LogP contribution >= 0.6 is 0 Å². The van der Waals surface area contributed by atoms with E-state index in [-0.39, 0.29) is 5.41 Å². The molecule has 0 spiro atoms. The maximum absolute atomic E-state index is 11.8. The number of amides is 2. The number of benzene rings is 1. The van der Waals surface area contributed by atoms with E-state index in [0.29, 0.717) is 5.75 Å². The lowest BCUT2D eigenvalue weighted by Crippen LogP contribution is -2.43. The lowest BCUT2D eigenvalue weighted by atomic mass is 9.87. The number of carbonyl (C=O) groups excluding carboxylic acids is 3. The van der Waals surface area contributed by atoms with Crippen molar-refractivity contribution in [1.29, 1.82) is 0 Å². The van der Waals surface area contributed by atoms with Crippen molar-refractivity contribution in [2.24, 2.45) is 0 Å². The van der Waals surface area contributed by atoms with E-state index in [1.165, 1.54) is 13.8 Å². The molecule has 0 fully saturated rings. The molecule has 2 N–H and O–H groups in total. The standard InChI is InChI=1S/C17H24N2O5/c1-11(16(22)23-10-15(21)19-18-12(2)20)24-14-8-6-13(7-9-14)17(3,4)5/h6-9,11H,10H2,1-5H3,(H,18,20)(H,19,21)/t11-/m1/s1. The second-order valence-electron chi connectivity index (χ2n) is 6.37. The largest absolute Gasteiger partial charge is 0.479 e. The number of esters is 1. The van der Waals surface area contributed by atoms with E-state index < -0.39 is 30.5 Å². The predicted octanol–water partition coefficient (Wildman–Crippen LogP) is 1.46. The van der Waals surface area contributed by atoms with Gasteiger partial charge in [0.25, 0.3) is 5.91 Å². The van der Waals surface area contributed by atoms with Gasteiger partial charge in [-0.2, -0.15) is 0 Å². The molecular weight excluding hydrogens is 312 g/mol. The van der Waals surface area contributed by atoms with Gasteiger partial charge in [0.1, 0.15) is 5.75 Å². The Morgan fingerprint density at radius 1 is 1.08 bits per heavy atom. The second-order valence-corrected chi connectivity index (χ2v) is 6.37. The van der Waals surface area contributed by atoms with Crippen LogP contribution in [0.4, 0.5) is 0 Å². The van der Waals surface area contributed by atoms with E-state index >= 15 is 0 Å². The number of carbonyl (C=O) groups is 3. The molecule has 7 heteroatoms. The Labute approximate surface area is 141 Å². The van der Waals surface area contributed by atoms with Gasteiger partial charge in [0.15, 0.2) is 12.7 Å². The quantitative estimate of drug-likeness (QED) is 0.627. The fraction of sp³-hybridized carbons (Fsp3) is 0.471. The highest BCUT2D eigenvalue weighted by Gasteiger charge is 2.19. The van der Waals surface area contributed by atoms with Crippen LogP contribution in [0.1, 0.15) is 40.2 Å². The minimum absolute atomic E-state index is 0.0321. The Hall–Kier alpha value is -2.57. The van der Waals surface area contributed by atoms with Crippen LogP contribution in [-0.4, -0.2) is 30.5 Å². The zero-order valence-corrected chi connectivity index (χ0v) is 14.6. The molecule has 0 aromatic heterocycles. The molecule has 0 bridgehead atoms. The van der Waals surface area contributed by atoms with E-state index in [1.54, 1.807) is 12.1 Å². The first-order chi connectivity index (χ1) is 11.1. The number of hydrazine groups is 1. The average molecular weight is 336 g/mol. The van der Waals surface area contributed by atoms with Crippen molar-refractivity contribution in [2.75, 3.05) is 6.61 Å². The maximum atomic E-state index is 11.8. The summed E-state index contributed by atoms with van der Waals surface area (Å²) < 4.78 is 10.3. The first-order valence-corrected chi connectivity index (χ1v) is 7.59. The van der Waals surface area contributed by atoms with Crippen LogP contribution in [0.5, 0.6) is 5.75 Å². The number of hydrogen-bond acceptors (Lipinski definition) is 5. The highest BCUT2D eigenvalue weighted by Crippen LogP contribution is 2.24. The summed E-state index contributed by atoms with van der Waals surface area (Å²) in [6.07, 6.45) is -0.862. The molecule has 2 amide bonds. The number of ether oxygens (including phenoxy) is 2. The molecule has 1 aromatic rings. The van der Waals surface area contributed by atoms with Gasteiger partial charge in [-0.05, 0) is 30.0 Å². The molecule has 0 radical (unpaired) electrons. The Morgan fingerprint density at radius 3 is 2.17 bits per heavy atom. The third kappa shape index (κ3) is 6.68. The van der Waals surface area contributed by atoms with Crippen LogP contribution in [0, 0.1) is 0 Å². The minimum Gasteiger partial charge on any atom is -0.479 e. The van der Waals surface area contributed by atoms with E-state index in [9.17, 15) is 14.4 Å². The lowest BCUT2D eigenvalue weighted by Gasteiger charge is -2.20. The Balaban J connectivity index is 2.46. The average Bonchev–Trinajstić information content (AvgIpc) is 2.50. The summed E-state index contributed by atoms with van der Waals surface area (Å²) in [7, 11) is 0. The molecule has 1 rings (SSSR count). The molecule has 0 saturated carbocycles.